The Labute approximate surface area is 277 Å². The first-order valence-electron chi connectivity index (χ1n) is 15.0. The number of ketones is 4. The van der Waals surface area contributed by atoms with Crippen LogP contribution in [0.1, 0.15) is 76.8 Å². The van der Waals surface area contributed by atoms with Crippen molar-refractivity contribution in [2.45, 2.75) is 29.4 Å². The molecule has 2 atom stereocenters. The first-order valence-corrected chi connectivity index (χ1v) is 16.0. The topological polar surface area (TPSA) is 171 Å². The number of phenolic OH excluding ortho intramolecular Hbond substituents is 3. The molecular formula is C37H27NO9S. The Morgan fingerprint density at radius 3 is 2.06 bits per heavy atom. The van der Waals surface area contributed by atoms with E-state index in [1.165, 1.54) is 18.9 Å². The zero-order valence-electron chi connectivity index (χ0n) is 25.6. The fourth-order valence-corrected chi connectivity index (χ4v) is 8.74. The lowest BCUT2D eigenvalue weighted by molar-refractivity contribution is 0.0674. The lowest BCUT2D eigenvalue weighted by atomic mass is 9.75. The van der Waals surface area contributed by atoms with Crippen LogP contribution in [0.3, 0.4) is 0 Å². The number of hydrogen-bond acceptors (Lipinski definition) is 10. The second-order valence-corrected chi connectivity index (χ2v) is 12.8. The number of rotatable bonds is 6. The van der Waals surface area contributed by atoms with E-state index in [0.29, 0.717) is 11.1 Å². The van der Waals surface area contributed by atoms with E-state index in [-0.39, 0.29) is 22.3 Å². The van der Waals surface area contributed by atoms with Crippen molar-refractivity contribution in [3.8, 4) is 17.2 Å². The quantitative estimate of drug-likeness (QED) is 0.118. The highest BCUT2D eigenvalue weighted by atomic mass is 32.2. The second kappa shape index (κ2) is 11.3. The zero-order valence-corrected chi connectivity index (χ0v) is 26.4. The number of aromatic hydroxyl groups is 3. The Kier molecular flexibility index (Phi) is 7.34. The molecular weight excluding hydrogens is 634 g/mol. The average molecular weight is 662 g/mol. The molecule has 48 heavy (non-hydrogen) atoms. The third-order valence-corrected chi connectivity index (χ3v) is 10.6. The average Bonchev–Trinajstić information content (AvgIpc) is 3.48. The molecule has 3 aliphatic carbocycles. The van der Waals surface area contributed by atoms with E-state index < -0.39 is 85.0 Å². The third-order valence-electron chi connectivity index (χ3n) is 9.16. The normalized spacial score (nSPS) is 19.3. The number of phenols is 3. The van der Waals surface area contributed by atoms with Crippen LogP contribution in [-0.2, 0) is 15.9 Å². The number of Topliss-reactive ketones (excluding diaryl/α,β-unsaturated/α-hetero) is 2. The number of methoxy groups -OCH3 is 1. The fourth-order valence-electron chi connectivity index (χ4n) is 7.16. The molecule has 7 rings (SSSR count). The van der Waals surface area contributed by atoms with E-state index in [1.807, 2.05) is 43.3 Å². The number of H-pyrrole nitrogens is 1. The summed E-state index contributed by atoms with van der Waals surface area (Å²) in [4.78, 5) is 71.7. The molecule has 4 N–H and O–H groups in total. The van der Waals surface area contributed by atoms with Crippen molar-refractivity contribution in [1.82, 2.24) is 4.98 Å². The molecule has 0 aliphatic heterocycles. The number of carbonyl (C=O) groups excluding carboxylic acids is 4. The molecule has 0 amide bonds. The molecule has 0 saturated carbocycles. The van der Waals surface area contributed by atoms with Crippen molar-refractivity contribution < 1.29 is 39.2 Å². The number of pyridine rings is 1. The molecule has 0 bridgehead atoms. The van der Waals surface area contributed by atoms with Crippen LogP contribution in [0.5, 0.6) is 17.2 Å². The maximum absolute atomic E-state index is 14.9. The van der Waals surface area contributed by atoms with Crippen LogP contribution in [0.4, 0.5) is 0 Å². The van der Waals surface area contributed by atoms with Gasteiger partial charge in [-0.25, -0.2) is 0 Å². The van der Waals surface area contributed by atoms with Crippen molar-refractivity contribution in [2.75, 3.05) is 7.11 Å². The van der Waals surface area contributed by atoms with Crippen molar-refractivity contribution >= 4 is 51.7 Å². The van der Waals surface area contributed by atoms with Crippen LogP contribution >= 0.6 is 11.8 Å². The number of nitrogens with one attached hydrogen (secondary N) is 1. The van der Waals surface area contributed by atoms with Crippen LogP contribution in [0.2, 0.25) is 0 Å². The van der Waals surface area contributed by atoms with E-state index in [2.05, 4.69) is 4.98 Å². The molecule has 11 heteroatoms. The van der Waals surface area contributed by atoms with E-state index in [0.717, 1.165) is 17.7 Å². The molecule has 2 unspecified atom stereocenters. The lowest BCUT2D eigenvalue weighted by Crippen LogP contribution is -2.46. The number of benzene rings is 3. The van der Waals surface area contributed by atoms with Crippen LogP contribution < -0.4 is 5.56 Å². The van der Waals surface area contributed by atoms with Gasteiger partial charge in [0, 0.05) is 24.1 Å². The molecule has 0 fully saturated rings. The lowest BCUT2D eigenvalue weighted by Gasteiger charge is -2.31. The van der Waals surface area contributed by atoms with Gasteiger partial charge in [0.1, 0.15) is 22.7 Å². The summed E-state index contributed by atoms with van der Waals surface area (Å²) in [7, 11) is 1.39. The predicted molar refractivity (Wildman–Crippen MR) is 179 cm³/mol. The van der Waals surface area contributed by atoms with Gasteiger partial charge in [0.2, 0.25) is 0 Å². The summed E-state index contributed by atoms with van der Waals surface area (Å²) in [6.07, 6.45) is 7.79. The van der Waals surface area contributed by atoms with E-state index >= 15 is 0 Å². The second-order valence-electron chi connectivity index (χ2n) is 11.7. The maximum atomic E-state index is 14.9. The van der Waals surface area contributed by atoms with Crippen molar-refractivity contribution in [1.29, 1.82) is 0 Å². The molecule has 0 saturated heterocycles. The molecule has 1 spiro atoms. The monoisotopic (exact) mass is 661 g/mol. The van der Waals surface area contributed by atoms with Gasteiger partial charge in [0.25, 0.3) is 5.56 Å². The Morgan fingerprint density at radius 2 is 1.48 bits per heavy atom. The smallest absolute Gasteiger partial charge is 0.260 e. The summed E-state index contributed by atoms with van der Waals surface area (Å²) < 4.78 is 5.97. The van der Waals surface area contributed by atoms with Gasteiger partial charge >= 0.3 is 0 Å². The number of aromatic amines is 1. The van der Waals surface area contributed by atoms with Gasteiger partial charge in [0.15, 0.2) is 23.1 Å². The van der Waals surface area contributed by atoms with Gasteiger partial charge < -0.3 is 25.0 Å². The van der Waals surface area contributed by atoms with Gasteiger partial charge in [-0.3, -0.25) is 24.0 Å². The Balaban J connectivity index is 1.53. The Hall–Kier alpha value is -5.52. The fraction of sp³-hybridized carbons (Fsp3) is 0.162. The van der Waals surface area contributed by atoms with Crippen LogP contribution in [0, 0.1) is 0 Å². The Morgan fingerprint density at radius 1 is 0.854 bits per heavy atom. The number of allylic oxidation sites excluding steroid dienone is 5. The minimum Gasteiger partial charge on any atom is -0.507 e. The van der Waals surface area contributed by atoms with Crippen LogP contribution in [0.25, 0.3) is 16.8 Å². The number of fused-ring (bicyclic) bond motifs is 5. The minimum absolute atomic E-state index is 0.182. The standard InChI is InChI=1S/C37H27NO9S/c1-3-4-6-11-19-14-18-15-20-28(31(43)23(18)36(46)38-19)37(35(32(20)47-2)48-16-17-9-7-5-8-10-17)33(44)26-27(34(37)45)30(42)25-22(40)13-12-21(39)24(25)29(26)41/h3-15,32,35,41-43H,16H2,1-2H3,(H,38,46)/b4-3+,11-6+. The number of carbonyl (C=O) groups is 4. The molecule has 3 aromatic carbocycles. The number of hydrogen-bond donors (Lipinski definition) is 4. The summed E-state index contributed by atoms with van der Waals surface area (Å²) in [6.45, 7) is 1.84. The minimum atomic E-state index is -2.33. The number of thioether (sulfide) groups is 1. The van der Waals surface area contributed by atoms with E-state index in [9.17, 15) is 39.3 Å². The van der Waals surface area contributed by atoms with Gasteiger partial charge in [-0.05, 0) is 53.8 Å². The highest BCUT2D eigenvalue weighted by Gasteiger charge is 2.69. The SMILES string of the molecule is C/C=C/C=C/c1cc2cc3c(c(O)c2c(=O)[nH]1)C1(C(=O)c2c(O)c4c(c(O)c2C1=O)C(=O)C=CC4=O)C(SCc1ccccc1)C3OC. The van der Waals surface area contributed by atoms with Gasteiger partial charge in [-0.1, -0.05) is 48.6 Å². The zero-order chi connectivity index (χ0) is 34.1. The molecule has 4 aromatic rings. The highest BCUT2D eigenvalue weighted by molar-refractivity contribution is 7.99. The van der Waals surface area contributed by atoms with Crippen molar-refractivity contribution in [2.24, 2.45) is 0 Å². The van der Waals surface area contributed by atoms with Gasteiger partial charge in [0.05, 0.1) is 39.0 Å². The summed E-state index contributed by atoms with van der Waals surface area (Å²) in [6, 6.07) is 12.5. The van der Waals surface area contributed by atoms with Crippen LogP contribution in [-0.4, -0.2) is 55.8 Å². The third kappa shape index (κ3) is 4.14. The summed E-state index contributed by atoms with van der Waals surface area (Å²) in [5.41, 5.74) is -4.13. The van der Waals surface area contributed by atoms with Crippen LogP contribution in [0.15, 0.2) is 77.6 Å². The molecule has 1 aromatic heterocycles. The number of ether oxygens (including phenoxy) is 1. The van der Waals surface area contributed by atoms with Crippen molar-refractivity contribution in [3.05, 3.63) is 128 Å². The summed E-state index contributed by atoms with van der Waals surface area (Å²) in [5, 5.41) is 33.9. The molecule has 3 aliphatic rings. The van der Waals surface area contributed by atoms with E-state index in [4.69, 9.17) is 4.74 Å². The van der Waals surface area contributed by atoms with Gasteiger partial charge in [-0.15, -0.1) is 11.8 Å². The first kappa shape index (κ1) is 31.1. The highest BCUT2D eigenvalue weighted by Crippen LogP contribution is 2.63. The number of aromatic nitrogens is 1. The van der Waals surface area contributed by atoms with Gasteiger partial charge in [-0.2, -0.15) is 0 Å². The molecule has 0 radical (unpaired) electrons. The Bertz CT molecular complexity index is 2220. The summed E-state index contributed by atoms with van der Waals surface area (Å²) in [5.74, 6) is -5.86. The van der Waals surface area contributed by atoms with Crippen molar-refractivity contribution in [3.63, 3.8) is 0 Å². The maximum Gasteiger partial charge on any atom is 0.260 e. The first-order chi connectivity index (χ1) is 23.1. The molecule has 240 valence electrons. The largest absolute Gasteiger partial charge is 0.507 e. The summed E-state index contributed by atoms with van der Waals surface area (Å²) >= 11 is 1.19. The predicted octanol–water partition coefficient (Wildman–Crippen LogP) is 5.49. The molecule has 1 heterocycles. The molecule has 10 nitrogen and oxygen atoms in total. The van der Waals surface area contributed by atoms with E-state index in [1.54, 1.807) is 30.4 Å².